The molecule has 1 aliphatic heterocycles. The molecule has 0 aliphatic carbocycles. The van der Waals surface area contributed by atoms with Gasteiger partial charge in [0.15, 0.2) is 0 Å². The van der Waals surface area contributed by atoms with Crippen molar-refractivity contribution in [3.63, 3.8) is 0 Å². The number of ether oxygens (including phenoxy) is 1. The lowest BCUT2D eigenvalue weighted by atomic mass is 10.0. The Morgan fingerprint density at radius 2 is 1.46 bits per heavy atom. The van der Waals surface area contributed by atoms with Gasteiger partial charge in [0.1, 0.15) is 12.6 Å². The summed E-state index contributed by atoms with van der Waals surface area (Å²) in [4.78, 5) is 4.27. The fourth-order valence-electron chi connectivity index (χ4n) is 3.08. The summed E-state index contributed by atoms with van der Waals surface area (Å²) in [6, 6.07) is -0.0546. The van der Waals surface area contributed by atoms with E-state index in [4.69, 9.17) is 9.84 Å². The molecule has 0 amide bonds. The van der Waals surface area contributed by atoms with Crippen LogP contribution in [0.5, 0.6) is 0 Å². The molecule has 1 N–H and O–H groups in total. The first-order valence-electron chi connectivity index (χ1n) is 10.3. The Labute approximate surface area is 149 Å². The van der Waals surface area contributed by atoms with Gasteiger partial charge in [0, 0.05) is 0 Å². The molecule has 1 aliphatic rings. The van der Waals surface area contributed by atoms with E-state index in [0.717, 1.165) is 6.42 Å². The molecule has 1 rings (SSSR count). The zero-order valence-electron chi connectivity index (χ0n) is 15.8. The van der Waals surface area contributed by atoms with Crippen molar-refractivity contribution in [2.45, 2.75) is 103 Å². The molecule has 0 saturated heterocycles. The van der Waals surface area contributed by atoms with Gasteiger partial charge in [0.25, 0.3) is 0 Å². The summed E-state index contributed by atoms with van der Waals surface area (Å²) in [5.74, 6) is 0.684. The lowest BCUT2D eigenvalue weighted by Gasteiger charge is -2.02. The molecule has 0 radical (unpaired) electrons. The molecule has 140 valence electrons. The highest BCUT2D eigenvalue weighted by Crippen LogP contribution is 2.13. The number of hydrogen-bond donors (Lipinski definition) is 1. The summed E-state index contributed by atoms with van der Waals surface area (Å²) in [5, 5.41) is 8.98. The van der Waals surface area contributed by atoms with E-state index in [2.05, 4.69) is 18.0 Å². The minimum atomic E-state index is -0.0546. The van der Waals surface area contributed by atoms with Crippen LogP contribution in [0.4, 0.5) is 0 Å². The Morgan fingerprint density at radius 3 is 1.96 bits per heavy atom. The van der Waals surface area contributed by atoms with Gasteiger partial charge in [-0.05, 0) is 18.9 Å². The number of unbranched alkanes of at least 4 members (excludes halogenated alkanes) is 13. The molecule has 1 heterocycles. The normalized spacial score (nSPS) is 17.4. The molecular weight excluding hydrogens is 298 g/mol. The lowest BCUT2D eigenvalue weighted by Crippen LogP contribution is -2.10. The van der Waals surface area contributed by atoms with Crippen LogP contribution in [-0.2, 0) is 4.74 Å². The van der Waals surface area contributed by atoms with E-state index < -0.39 is 0 Å². The number of hydrogen-bond acceptors (Lipinski definition) is 3. The third-order valence-electron chi connectivity index (χ3n) is 4.68. The Hall–Kier alpha value is -0.830. The first-order chi connectivity index (χ1) is 11.9. The topological polar surface area (TPSA) is 41.8 Å². The fraction of sp³-hybridized carbons (Fsp3) is 0.857. The van der Waals surface area contributed by atoms with E-state index in [0.29, 0.717) is 12.5 Å². The molecule has 0 saturated carbocycles. The molecule has 0 aromatic rings. The maximum atomic E-state index is 8.98. The highest BCUT2D eigenvalue weighted by Gasteiger charge is 2.14. The second-order valence-electron chi connectivity index (χ2n) is 7.05. The predicted molar refractivity (Wildman–Crippen MR) is 104 cm³/mol. The standard InChI is InChI=1S/C21H39NO2/c1-2-3-4-5-6-7-8-9-10-11-12-13-14-15-16-17-21-22-20(18-23)19-24-21/h16-17,20,23H,2-15,18-19H2,1H3. The van der Waals surface area contributed by atoms with Crippen LogP contribution in [0.25, 0.3) is 0 Å². The Balaban J connectivity index is 1.78. The summed E-state index contributed by atoms with van der Waals surface area (Å²) in [6.07, 6.45) is 23.4. The number of rotatable bonds is 16. The third-order valence-corrected chi connectivity index (χ3v) is 4.68. The maximum absolute atomic E-state index is 8.98. The van der Waals surface area contributed by atoms with Crippen molar-refractivity contribution < 1.29 is 9.84 Å². The summed E-state index contributed by atoms with van der Waals surface area (Å²) in [6.45, 7) is 2.88. The molecule has 24 heavy (non-hydrogen) atoms. The van der Waals surface area contributed by atoms with E-state index in [-0.39, 0.29) is 12.6 Å². The van der Waals surface area contributed by atoms with Crippen molar-refractivity contribution in [3.8, 4) is 0 Å². The summed E-state index contributed by atoms with van der Waals surface area (Å²) < 4.78 is 5.38. The van der Waals surface area contributed by atoms with Gasteiger partial charge in [0.2, 0.25) is 5.90 Å². The van der Waals surface area contributed by atoms with E-state index >= 15 is 0 Å². The molecule has 1 unspecified atom stereocenters. The SMILES string of the molecule is CCCCCCCCCCCCCCCC=CC1=NC(CO)CO1. The van der Waals surface area contributed by atoms with E-state index in [9.17, 15) is 0 Å². The van der Waals surface area contributed by atoms with Crippen molar-refractivity contribution in [2.24, 2.45) is 4.99 Å². The average molecular weight is 338 g/mol. The minimum Gasteiger partial charge on any atom is -0.476 e. The third kappa shape index (κ3) is 11.7. The van der Waals surface area contributed by atoms with Crippen LogP contribution < -0.4 is 0 Å². The number of aliphatic hydroxyl groups excluding tert-OH is 1. The van der Waals surface area contributed by atoms with Gasteiger partial charge in [-0.25, -0.2) is 4.99 Å². The molecule has 1 atom stereocenters. The van der Waals surface area contributed by atoms with Crippen LogP contribution in [0, 0.1) is 0 Å². The lowest BCUT2D eigenvalue weighted by molar-refractivity contribution is 0.228. The number of aliphatic imine (C=N–C) groups is 1. The second-order valence-corrected chi connectivity index (χ2v) is 7.05. The maximum Gasteiger partial charge on any atom is 0.208 e. The quantitative estimate of drug-likeness (QED) is 0.361. The minimum absolute atomic E-state index is 0.0546. The van der Waals surface area contributed by atoms with Crippen LogP contribution in [0.1, 0.15) is 96.8 Å². The van der Waals surface area contributed by atoms with Crippen molar-refractivity contribution >= 4 is 5.90 Å². The first-order valence-corrected chi connectivity index (χ1v) is 10.3. The Bertz CT molecular complexity index is 339. The molecule has 3 nitrogen and oxygen atoms in total. The van der Waals surface area contributed by atoms with Crippen molar-refractivity contribution in [2.75, 3.05) is 13.2 Å². The molecular formula is C21H39NO2. The summed E-state index contributed by atoms with van der Waals surface area (Å²) in [7, 11) is 0. The Morgan fingerprint density at radius 1 is 0.917 bits per heavy atom. The van der Waals surface area contributed by atoms with E-state index in [1.54, 1.807) is 0 Å². The summed E-state index contributed by atoms with van der Waals surface area (Å²) >= 11 is 0. The molecule has 3 heteroatoms. The van der Waals surface area contributed by atoms with Gasteiger partial charge < -0.3 is 9.84 Å². The van der Waals surface area contributed by atoms with Crippen LogP contribution >= 0.6 is 0 Å². The van der Waals surface area contributed by atoms with Crippen molar-refractivity contribution in [1.29, 1.82) is 0 Å². The highest BCUT2D eigenvalue weighted by molar-refractivity contribution is 5.88. The molecule has 0 bridgehead atoms. The van der Waals surface area contributed by atoms with E-state index in [1.807, 2.05) is 6.08 Å². The fourth-order valence-corrected chi connectivity index (χ4v) is 3.08. The second kappa shape index (κ2) is 15.7. The molecule has 0 aromatic heterocycles. The highest BCUT2D eigenvalue weighted by atomic mass is 16.5. The zero-order valence-corrected chi connectivity index (χ0v) is 15.8. The van der Waals surface area contributed by atoms with Crippen LogP contribution in [0.3, 0.4) is 0 Å². The Kier molecular flexibility index (Phi) is 13.9. The van der Waals surface area contributed by atoms with Gasteiger partial charge >= 0.3 is 0 Å². The summed E-state index contributed by atoms with van der Waals surface area (Å²) in [5.41, 5.74) is 0. The smallest absolute Gasteiger partial charge is 0.208 e. The number of aliphatic hydroxyl groups is 1. The van der Waals surface area contributed by atoms with Crippen molar-refractivity contribution in [1.82, 2.24) is 0 Å². The monoisotopic (exact) mass is 337 g/mol. The van der Waals surface area contributed by atoms with E-state index in [1.165, 1.54) is 83.5 Å². The van der Waals surface area contributed by atoms with Crippen molar-refractivity contribution in [3.05, 3.63) is 12.2 Å². The van der Waals surface area contributed by atoms with Crippen LogP contribution in [0.15, 0.2) is 17.1 Å². The molecule has 0 fully saturated rings. The van der Waals surface area contributed by atoms with Crippen LogP contribution in [0.2, 0.25) is 0 Å². The van der Waals surface area contributed by atoms with Gasteiger partial charge in [-0.15, -0.1) is 0 Å². The van der Waals surface area contributed by atoms with Gasteiger partial charge in [-0.2, -0.15) is 0 Å². The largest absolute Gasteiger partial charge is 0.476 e. The first kappa shape index (κ1) is 21.2. The van der Waals surface area contributed by atoms with Gasteiger partial charge in [0.05, 0.1) is 6.61 Å². The number of nitrogens with zero attached hydrogens (tertiary/aromatic N) is 1. The number of allylic oxidation sites excluding steroid dienone is 1. The van der Waals surface area contributed by atoms with Gasteiger partial charge in [-0.1, -0.05) is 90.0 Å². The molecule has 0 aromatic carbocycles. The predicted octanol–water partition coefficient (Wildman–Crippen LogP) is 5.81. The zero-order chi connectivity index (χ0) is 17.3. The molecule has 0 spiro atoms. The van der Waals surface area contributed by atoms with Crippen LogP contribution in [-0.4, -0.2) is 30.3 Å². The van der Waals surface area contributed by atoms with Gasteiger partial charge in [-0.3, -0.25) is 0 Å². The average Bonchev–Trinajstić information content (AvgIpc) is 3.06.